The molecule has 0 aliphatic carbocycles. The minimum absolute atomic E-state index is 0.0186. The lowest BCUT2D eigenvalue weighted by molar-refractivity contribution is -0.385. The molecule has 1 aromatic rings. The van der Waals surface area contributed by atoms with E-state index >= 15 is 0 Å². The Bertz CT molecular complexity index is 488. The number of carbonyl (C=O) groups excluding carboxylic acids is 1. The van der Waals surface area contributed by atoms with Gasteiger partial charge in [0.25, 0.3) is 5.69 Å². The molecular formula is C13H19N3O3. The monoisotopic (exact) mass is 265 g/mol. The minimum atomic E-state index is -0.622. The number of nitrogens with zero attached hydrogens (tertiary/aromatic N) is 1. The molecule has 2 atom stereocenters. The molecule has 1 aromatic carbocycles. The summed E-state index contributed by atoms with van der Waals surface area (Å²) in [6, 6.07) is 3.95. The number of carbonyl (C=O) groups is 1. The SMILES string of the molecule is CCC(C)[C@H](N)C(=O)Nc1cccc([N+](=O)[O-])c1C. The second kappa shape index (κ2) is 6.29. The number of hydrogen-bond donors (Lipinski definition) is 2. The van der Waals surface area contributed by atoms with Crippen molar-refractivity contribution in [1.29, 1.82) is 0 Å². The van der Waals surface area contributed by atoms with Crippen LogP contribution >= 0.6 is 0 Å². The smallest absolute Gasteiger partial charge is 0.274 e. The van der Waals surface area contributed by atoms with E-state index in [0.717, 1.165) is 6.42 Å². The first-order chi connectivity index (χ1) is 8.88. The fourth-order valence-electron chi connectivity index (χ4n) is 1.69. The second-order valence-electron chi connectivity index (χ2n) is 4.61. The zero-order valence-corrected chi connectivity index (χ0v) is 11.3. The van der Waals surface area contributed by atoms with Gasteiger partial charge in [0.2, 0.25) is 5.91 Å². The number of nitrogens with one attached hydrogen (secondary N) is 1. The molecule has 0 fully saturated rings. The zero-order chi connectivity index (χ0) is 14.6. The molecule has 6 nitrogen and oxygen atoms in total. The molecule has 1 rings (SSSR count). The van der Waals surface area contributed by atoms with Crippen molar-refractivity contribution < 1.29 is 9.72 Å². The van der Waals surface area contributed by atoms with Crippen molar-refractivity contribution >= 4 is 17.3 Å². The maximum Gasteiger partial charge on any atom is 0.274 e. The first-order valence-electron chi connectivity index (χ1n) is 6.18. The van der Waals surface area contributed by atoms with Crippen LogP contribution in [-0.4, -0.2) is 16.9 Å². The van der Waals surface area contributed by atoms with Gasteiger partial charge < -0.3 is 11.1 Å². The van der Waals surface area contributed by atoms with Crippen LogP contribution in [0.4, 0.5) is 11.4 Å². The summed E-state index contributed by atoms with van der Waals surface area (Å²) in [4.78, 5) is 22.3. The molecule has 0 spiro atoms. The van der Waals surface area contributed by atoms with E-state index in [4.69, 9.17) is 5.73 Å². The second-order valence-corrected chi connectivity index (χ2v) is 4.61. The average Bonchev–Trinajstić information content (AvgIpc) is 2.38. The Morgan fingerprint density at radius 2 is 2.16 bits per heavy atom. The Morgan fingerprint density at radius 3 is 2.68 bits per heavy atom. The van der Waals surface area contributed by atoms with Crippen LogP contribution in [0.25, 0.3) is 0 Å². The molecular weight excluding hydrogens is 246 g/mol. The summed E-state index contributed by atoms with van der Waals surface area (Å²) in [7, 11) is 0. The molecule has 0 saturated carbocycles. The topological polar surface area (TPSA) is 98.3 Å². The molecule has 0 heterocycles. The van der Waals surface area contributed by atoms with Crippen LogP contribution in [0.5, 0.6) is 0 Å². The van der Waals surface area contributed by atoms with Gasteiger partial charge in [0.15, 0.2) is 0 Å². The van der Waals surface area contributed by atoms with E-state index in [1.54, 1.807) is 13.0 Å². The fraction of sp³-hybridized carbons (Fsp3) is 0.462. The van der Waals surface area contributed by atoms with Gasteiger partial charge in [0, 0.05) is 6.07 Å². The lowest BCUT2D eigenvalue weighted by atomic mass is 9.99. The zero-order valence-electron chi connectivity index (χ0n) is 11.3. The molecule has 0 saturated heterocycles. The van der Waals surface area contributed by atoms with Crippen LogP contribution in [0.2, 0.25) is 0 Å². The Hall–Kier alpha value is -1.95. The summed E-state index contributed by atoms with van der Waals surface area (Å²) in [5.41, 5.74) is 6.66. The van der Waals surface area contributed by atoms with E-state index in [9.17, 15) is 14.9 Å². The van der Waals surface area contributed by atoms with Gasteiger partial charge in [-0.1, -0.05) is 26.3 Å². The Morgan fingerprint density at radius 1 is 1.53 bits per heavy atom. The number of nitro groups is 1. The molecule has 3 N–H and O–H groups in total. The summed E-state index contributed by atoms with van der Waals surface area (Å²) in [5.74, 6) is -0.267. The van der Waals surface area contributed by atoms with Crippen molar-refractivity contribution in [3.05, 3.63) is 33.9 Å². The van der Waals surface area contributed by atoms with Gasteiger partial charge in [0.05, 0.1) is 22.2 Å². The van der Waals surface area contributed by atoms with E-state index in [-0.39, 0.29) is 17.5 Å². The molecule has 19 heavy (non-hydrogen) atoms. The molecule has 6 heteroatoms. The van der Waals surface area contributed by atoms with Crippen LogP contribution < -0.4 is 11.1 Å². The molecule has 0 bridgehead atoms. The fourth-order valence-corrected chi connectivity index (χ4v) is 1.69. The highest BCUT2D eigenvalue weighted by Gasteiger charge is 2.21. The van der Waals surface area contributed by atoms with Gasteiger partial charge in [-0.15, -0.1) is 0 Å². The number of nitro benzene ring substituents is 1. The standard InChI is InChI=1S/C13H19N3O3/c1-4-8(2)12(14)13(17)15-10-6-5-7-11(9(10)3)16(18)19/h5-8,12H,4,14H2,1-3H3,(H,15,17)/t8?,12-/m0/s1. The number of hydrogen-bond acceptors (Lipinski definition) is 4. The van der Waals surface area contributed by atoms with Crippen molar-refractivity contribution in [3.63, 3.8) is 0 Å². The third-order valence-electron chi connectivity index (χ3n) is 3.32. The highest BCUT2D eigenvalue weighted by atomic mass is 16.6. The predicted molar refractivity (Wildman–Crippen MR) is 73.9 cm³/mol. The molecule has 1 amide bonds. The van der Waals surface area contributed by atoms with Crippen molar-refractivity contribution in [2.24, 2.45) is 11.7 Å². The van der Waals surface area contributed by atoms with Crippen molar-refractivity contribution in [2.75, 3.05) is 5.32 Å². The van der Waals surface area contributed by atoms with Crippen molar-refractivity contribution in [3.8, 4) is 0 Å². The van der Waals surface area contributed by atoms with Gasteiger partial charge in [-0.25, -0.2) is 0 Å². The van der Waals surface area contributed by atoms with Crippen LogP contribution in [-0.2, 0) is 4.79 Å². The van der Waals surface area contributed by atoms with Crippen LogP contribution in [0.15, 0.2) is 18.2 Å². The van der Waals surface area contributed by atoms with Gasteiger partial charge in [0.1, 0.15) is 0 Å². The molecule has 0 aromatic heterocycles. The summed E-state index contributed by atoms with van der Waals surface area (Å²) < 4.78 is 0. The van der Waals surface area contributed by atoms with Gasteiger partial charge in [-0.2, -0.15) is 0 Å². The number of benzene rings is 1. The normalized spacial score (nSPS) is 13.7. The third-order valence-corrected chi connectivity index (χ3v) is 3.32. The maximum absolute atomic E-state index is 11.9. The Balaban J connectivity index is 2.92. The molecule has 0 radical (unpaired) electrons. The van der Waals surface area contributed by atoms with Gasteiger partial charge in [-0.3, -0.25) is 14.9 Å². The van der Waals surface area contributed by atoms with Crippen molar-refractivity contribution in [2.45, 2.75) is 33.2 Å². The molecule has 104 valence electrons. The summed E-state index contributed by atoms with van der Waals surface area (Å²) in [6.45, 7) is 5.45. The molecule has 0 aliphatic rings. The van der Waals surface area contributed by atoms with E-state index < -0.39 is 11.0 Å². The van der Waals surface area contributed by atoms with E-state index in [1.807, 2.05) is 13.8 Å². The minimum Gasteiger partial charge on any atom is -0.324 e. The van der Waals surface area contributed by atoms with Crippen LogP contribution in [0, 0.1) is 23.0 Å². The average molecular weight is 265 g/mol. The molecule has 0 aliphatic heterocycles. The van der Waals surface area contributed by atoms with E-state index in [0.29, 0.717) is 11.3 Å². The summed E-state index contributed by atoms with van der Waals surface area (Å²) in [5, 5.41) is 13.5. The first-order valence-corrected chi connectivity index (χ1v) is 6.18. The molecule has 1 unspecified atom stereocenters. The summed E-state index contributed by atoms with van der Waals surface area (Å²) in [6.07, 6.45) is 0.794. The van der Waals surface area contributed by atoms with Crippen LogP contribution in [0.3, 0.4) is 0 Å². The number of anilines is 1. The van der Waals surface area contributed by atoms with Crippen molar-refractivity contribution in [1.82, 2.24) is 0 Å². The highest BCUT2D eigenvalue weighted by Crippen LogP contribution is 2.25. The lowest BCUT2D eigenvalue weighted by Gasteiger charge is -2.18. The number of nitrogens with two attached hydrogens (primary N) is 1. The first kappa shape index (κ1) is 15.1. The Labute approximate surface area is 112 Å². The summed E-state index contributed by atoms with van der Waals surface area (Å²) >= 11 is 0. The number of rotatable bonds is 5. The largest absolute Gasteiger partial charge is 0.324 e. The Kier molecular flexibility index (Phi) is 5.00. The number of amides is 1. The quantitative estimate of drug-likeness (QED) is 0.630. The third kappa shape index (κ3) is 3.51. The van der Waals surface area contributed by atoms with Gasteiger partial charge >= 0.3 is 0 Å². The van der Waals surface area contributed by atoms with Crippen LogP contribution in [0.1, 0.15) is 25.8 Å². The van der Waals surface area contributed by atoms with Gasteiger partial charge in [-0.05, 0) is 18.9 Å². The maximum atomic E-state index is 11.9. The predicted octanol–water partition coefficient (Wildman–Crippen LogP) is 2.22. The van der Waals surface area contributed by atoms with E-state index in [1.165, 1.54) is 12.1 Å². The van der Waals surface area contributed by atoms with E-state index in [2.05, 4.69) is 5.32 Å². The lowest BCUT2D eigenvalue weighted by Crippen LogP contribution is -2.40. The highest BCUT2D eigenvalue weighted by molar-refractivity contribution is 5.95.